The second-order valence-electron chi connectivity index (χ2n) is 7.53. The maximum atomic E-state index is 12.8. The summed E-state index contributed by atoms with van der Waals surface area (Å²) >= 11 is 0. The van der Waals surface area contributed by atoms with Crippen molar-refractivity contribution in [2.24, 2.45) is 5.92 Å². The first kappa shape index (κ1) is 19.7. The molecule has 2 aromatic rings. The highest BCUT2D eigenvalue weighted by Gasteiger charge is 2.32. The van der Waals surface area contributed by atoms with Crippen LogP contribution in [0.25, 0.3) is 0 Å². The van der Waals surface area contributed by atoms with Crippen LogP contribution in [0.1, 0.15) is 59.9 Å². The highest BCUT2D eigenvalue weighted by Crippen LogP contribution is 2.47. The summed E-state index contributed by atoms with van der Waals surface area (Å²) in [6.07, 6.45) is 6.71. The lowest BCUT2D eigenvalue weighted by Gasteiger charge is -2.32. The zero-order chi connectivity index (χ0) is 20.4. The molecule has 148 valence electrons. The van der Waals surface area contributed by atoms with Crippen LogP contribution in [0.4, 0.5) is 0 Å². The van der Waals surface area contributed by atoms with E-state index in [-0.39, 0.29) is 35.4 Å². The maximum absolute atomic E-state index is 12.8. The highest BCUT2D eigenvalue weighted by atomic mass is 16.3. The zero-order valence-electron chi connectivity index (χ0n) is 16.5. The van der Waals surface area contributed by atoms with Crippen LogP contribution in [0.3, 0.4) is 0 Å². The average Bonchev–Trinajstić information content (AvgIpc) is 3.13. The number of oxazole rings is 1. The van der Waals surface area contributed by atoms with E-state index in [0.717, 1.165) is 18.4 Å². The fourth-order valence-corrected chi connectivity index (χ4v) is 3.90. The molecule has 1 amide bonds. The van der Waals surface area contributed by atoms with Crippen LogP contribution in [0.5, 0.6) is 11.5 Å². The number of aromatic hydroxyl groups is 2. The van der Waals surface area contributed by atoms with Crippen molar-refractivity contribution in [3.63, 3.8) is 0 Å². The molecule has 28 heavy (non-hydrogen) atoms. The monoisotopic (exact) mass is 382 g/mol. The Labute approximate surface area is 164 Å². The van der Waals surface area contributed by atoms with Gasteiger partial charge in [0, 0.05) is 11.5 Å². The number of aryl methyl sites for hydroxylation is 1. The lowest BCUT2D eigenvalue weighted by atomic mass is 9.73. The summed E-state index contributed by atoms with van der Waals surface area (Å²) in [4.78, 5) is 16.6. The van der Waals surface area contributed by atoms with E-state index in [1.807, 2.05) is 13.8 Å². The Hall–Kier alpha value is -3.02. The molecule has 6 nitrogen and oxygen atoms in total. The van der Waals surface area contributed by atoms with Gasteiger partial charge in [0.05, 0.1) is 18.3 Å². The summed E-state index contributed by atoms with van der Waals surface area (Å²) in [5.74, 6) is -0.256. The molecule has 0 saturated carbocycles. The van der Waals surface area contributed by atoms with E-state index < -0.39 is 5.91 Å². The van der Waals surface area contributed by atoms with Crippen molar-refractivity contribution >= 4 is 5.91 Å². The van der Waals surface area contributed by atoms with Crippen molar-refractivity contribution in [1.82, 2.24) is 10.3 Å². The summed E-state index contributed by atoms with van der Waals surface area (Å²) in [5, 5.41) is 24.4. The van der Waals surface area contributed by atoms with Crippen molar-refractivity contribution in [2.75, 3.05) is 0 Å². The third-order valence-corrected chi connectivity index (χ3v) is 5.36. The van der Waals surface area contributed by atoms with Crippen LogP contribution < -0.4 is 5.32 Å². The molecule has 2 atom stereocenters. The Morgan fingerprint density at radius 1 is 1.39 bits per heavy atom. The predicted octanol–water partition coefficient (Wildman–Crippen LogP) is 4.34. The Balaban J connectivity index is 2.00. The van der Waals surface area contributed by atoms with Gasteiger partial charge in [-0.05, 0) is 51.2 Å². The van der Waals surface area contributed by atoms with E-state index in [4.69, 9.17) is 4.42 Å². The number of carbonyl (C=O) groups is 1. The van der Waals surface area contributed by atoms with Gasteiger partial charge in [-0.2, -0.15) is 0 Å². The number of nitrogens with one attached hydrogen (secondary N) is 1. The number of hydrogen-bond donors (Lipinski definition) is 3. The number of carbonyl (C=O) groups excluding carboxylic acids is 1. The minimum absolute atomic E-state index is 0.0102. The number of aromatic nitrogens is 1. The topological polar surface area (TPSA) is 95.6 Å². The minimum atomic E-state index is -0.434. The Bertz CT molecular complexity index is 929. The number of benzene rings is 1. The smallest absolute Gasteiger partial charge is 0.255 e. The van der Waals surface area contributed by atoms with Crippen molar-refractivity contribution in [3.05, 3.63) is 64.9 Å². The normalized spacial score (nSPS) is 19.2. The SMILES string of the molecule is C=C(C)C1CCC(C)=CC1c1c(O)cc(C)c(C(=O)NCc2cnco2)c1O. The van der Waals surface area contributed by atoms with Crippen LogP contribution in [0.2, 0.25) is 0 Å². The van der Waals surface area contributed by atoms with Gasteiger partial charge in [-0.3, -0.25) is 4.79 Å². The molecule has 0 aliphatic heterocycles. The maximum Gasteiger partial charge on any atom is 0.255 e. The molecule has 2 unspecified atom stereocenters. The van der Waals surface area contributed by atoms with Crippen LogP contribution in [-0.2, 0) is 6.54 Å². The van der Waals surface area contributed by atoms with E-state index >= 15 is 0 Å². The van der Waals surface area contributed by atoms with Gasteiger partial charge in [-0.1, -0.05) is 23.8 Å². The molecule has 0 saturated heterocycles. The van der Waals surface area contributed by atoms with Crippen LogP contribution in [0.15, 0.2) is 46.9 Å². The lowest BCUT2D eigenvalue weighted by Crippen LogP contribution is -2.24. The predicted molar refractivity (Wildman–Crippen MR) is 106 cm³/mol. The third kappa shape index (κ3) is 3.81. The quantitative estimate of drug-likeness (QED) is 0.669. The standard InChI is InChI=1S/C22H26N2O4/c1-12(2)16-6-5-13(3)7-17(16)20-18(25)8-14(4)19(21(20)26)22(27)24-10-15-9-23-11-28-15/h7-9,11,16-17,25-26H,1,5-6,10H2,2-4H3,(H,24,27). The van der Waals surface area contributed by atoms with Gasteiger partial charge in [-0.15, -0.1) is 0 Å². The molecule has 1 aromatic carbocycles. The van der Waals surface area contributed by atoms with Crippen molar-refractivity contribution < 1.29 is 19.4 Å². The summed E-state index contributed by atoms with van der Waals surface area (Å²) in [6, 6.07) is 1.53. The molecule has 0 bridgehead atoms. The summed E-state index contributed by atoms with van der Waals surface area (Å²) in [7, 11) is 0. The third-order valence-electron chi connectivity index (χ3n) is 5.36. The molecular weight excluding hydrogens is 356 g/mol. The number of amides is 1. The van der Waals surface area contributed by atoms with E-state index in [1.165, 1.54) is 24.2 Å². The number of rotatable bonds is 5. The Morgan fingerprint density at radius 2 is 2.14 bits per heavy atom. The molecule has 1 aromatic heterocycles. The fraction of sp³-hybridized carbons (Fsp3) is 0.364. The summed E-state index contributed by atoms with van der Waals surface area (Å²) < 4.78 is 5.12. The van der Waals surface area contributed by atoms with Gasteiger partial charge in [-0.25, -0.2) is 4.98 Å². The van der Waals surface area contributed by atoms with Crippen molar-refractivity contribution in [1.29, 1.82) is 0 Å². The number of hydrogen-bond acceptors (Lipinski definition) is 5. The summed E-state index contributed by atoms with van der Waals surface area (Å²) in [5.41, 5.74) is 3.21. The number of phenols is 2. The highest BCUT2D eigenvalue weighted by molar-refractivity contribution is 5.99. The van der Waals surface area contributed by atoms with Crippen LogP contribution in [-0.4, -0.2) is 21.1 Å². The molecule has 6 heteroatoms. The molecule has 0 spiro atoms. The largest absolute Gasteiger partial charge is 0.507 e. The van der Waals surface area contributed by atoms with Crippen molar-refractivity contribution in [3.8, 4) is 11.5 Å². The molecule has 3 rings (SSSR count). The Morgan fingerprint density at radius 3 is 2.79 bits per heavy atom. The molecular formula is C22H26N2O4. The zero-order valence-corrected chi connectivity index (χ0v) is 16.5. The van der Waals surface area contributed by atoms with Crippen molar-refractivity contribution in [2.45, 2.75) is 46.1 Å². The average molecular weight is 382 g/mol. The van der Waals surface area contributed by atoms with Gasteiger partial charge >= 0.3 is 0 Å². The van der Waals surface area contributed by atoms with Gasteiger partial charge in [0.15, 0.2) is 6.39 Å². The van der Waals surface area contributed by atoms with E-state index in [2.05, 4.69) is 23.0 Å². The van der Waals surface area contributed by atoms with Crippen LogP contribution >= 0.6 is 0 Å². The molecule has 3 N–H and O–H groups in total. The van der Waals surface area contributed by atoms with Gasteiger partial charge in [0.25, 0.3) is 5.91 Å². The van der Waals surface area contributed by atoms with Gasteiger partial charge < -0.3 is 19.9 Å². The van der Waals surface area contributed by atoms with E-state index in [1.54, 1.807) is 6.92 Å². The molecule has 0 radical (unpaired) electrons. The lowest BCUT2D eigenvalue weighted by molar-refractivity contribution is 0.0944. The molecule has 1 aliphatic carbocycles. The van der Waals surface area contributed by atoms with E-state index in [9.17, 15) is 15.0 Å². The molecule has 0 fully saturated rings. The molecule has 1 heterocycles. The molecule has 1 aliphatic rings. The fourth-order valence-electron chi connectivity index (χ4n) is 3.90. The first-order valence-corrected chi connectivity index (χ1v) is 9.33. The minimum Gasteiger partial charge on any atom is -0.507 e. The van der Waals surface area contributed by atoms with Gasteiger partial charge in [0.1, 0.15) is 17.3 Å². The van der Waals surface area contributed by atoms with E-state index in [0.29, 0.717) is 16.9 Å². The number of nitrogens with zero attached hydrogens (tertiary/aromatic N) is 1. The Kier molecular flexibility index (Phi) is 5.58. The second kappa shape index (κ2) is 7.92. The summed E-state index contributed by atoms with van der Waals surface area (Å²) in [6.45, 7) is 9.92. The van der Waals surface area contributed by atoms with Gasteiger partial charge in [0.2, 0.25) is 0 Å². The first-order chi connectivity index (χ1) is 13.3. The van der Waals surface area contributed by atoms with Crippen LogP contribution in [0, 0.1) is 12.8 Å². The number of phenolic OH excluding ortho intramolecular Hbond substituents is 2. The second-order valence-corrected chi connectivity index (χ2v) is 7.53. The number of allylic oxidation sites excluding steroid dienone is 3. The first-order valence-electron chi connectivity index (χ1n) is 9.33.